The number of amides is 1. The number of esters is 2. The monoisotopic (exact) mass is 625 g/mol. The van der Waals surface area contributed by atoms with Crippen LogP contribution in [0.1, 0.15) is 169 Å². The fourth-order valence-electron chi connectivity index (χ4n) is 5.03. The molecule has 0 spiro atoms. The summed E-state index contributed by atoms with van der Waals surface area (Å²) in [5.74, 6) is 0.346. The normalized spacial score (nSPS) is 11.4. The fraction of sp³-hybridized carbons (Fsp3) is 0.861. The molecular formula is C36H67NO5S. The van der Waals surface area contributed by atoms with E-state index in [1.54, 1.807) is 4.90 Å². The number of carbonyl (C=O) groups is 3. The first kappa shape index (κ1) is 41.5. The molecule has 0 heterocycles. The number of hydrogen-bond acceptors (Lipinski definition) is 6. The maximum Gasteiger partial charge on any atom is 0.307 e. The highest BCUT2D eigenvalue weighted by Crippen LogP contribution is 2.18. The average Bonchev–Trinajstić information content (AvgIpc) is 2.99. The molecule has 7 heteroatoms. The third kappa shape index (κ3) is 27.8. The molecule has 0 rings (SSSR count). The zero-order valence-electron chi connectivity index (χ0n) is 28.5. The molecule has 1 amide bonds. The number of allylic oxidation sites excluding steroid dienone is 1. The third-order valence-electron chi connectivity index (χ3n) is 7.71. The van der Waals surface area contributed by atoms with Crippen molar-refractivity contribution in [1.82, 2.24) is 4.90 Å². The van der Waals surface area contributed by atoms with Gasteiger partial charge in [-0.05, 0) is 57.1 Å². The first-order chi connectivity index (χ1) is 21.0. The molecule has 252 valence electrons. The second kappa shape index (κ2) is 31.9. The second-order valence-electron chi connectivity index (χ2n) is 11.8. The molecule has 0 atom stereocenters. The Kier molecular flexibility index (Phi) is 30.8. The minimum Gasteiger partial charge on any atom is -0.462 e. The van der Waals surface area contributed by atoms with Gasteiger partial charge in [0.15, 0.2) is 0 Å². The molecule has 0 aliphatic carbocycles. The Labute approximate surface area is 269 Å². The van der Waals surface area contributed by atoms with Gasteiger partial charge in [0.25, 0.3) is 5.24 Å². The lowest BCUT2D eigenvalue weighted by Gasteiger charge is -2.23. The summed E-state index contributed by atoms with van der Waals surface area (Å²) in [7, 11) is 0. The van der Waals surface area contributed by atoms with Crippen LogP contribution in [0, 0.1) is 0 Å². The van der Waals surface area contributed by atoms with Crippen LogP contribution in [0.15, 0.2) is 12.2 Å². The highest BCUT2D eigenvalue weighted by molar-refractivity contribution is 8.13. The van der Waals surface area contributed by atoms with Crippen molar-refractivity contribution in [3.8, 4) is 0 Å². The molecule has 0 aromatic carbocycles. The molecule has 0 saturated carbocycles. The van der Waals surface area contributed by atoms with Gasteiger partial charge in [-0.1, -0.05) is 129 Å². The third-order valence-corrected chi connectivity index (χ3v) is 8.50. The van der Waals surface area contributed by atoms with Gasteiger partial charge in [-0.25, -0.2) is 0 Å². The summed E-state index contributed by atoms with van der Waals surface area (Å²) in [6.45, 7) is 9.94. The van der Waals surface area contributed by atoms with Crippen molar-refractivity contribution < 1.29 is 23.9 Å². The largest absolute Gasteiger partial charge is 0.462 e. The maximum atomic E-state index is 12.8. The van der Waals surface area contributed by atoms with Crippen molar-refractivity contribution in [3.63, 3.8) is 0 Å². The van der Waals surface area contributed by atoms with E-state index in [4.69, 9.17) is 9.47 Å². The van der Waals surface area contributed by atoms with Crippen LogP contribution in [-0.2, 0) is 19.1 Å². The van der Waals surface area contributed by atoms with Crippen LogP contribution >= 0.6 is 11.8 Å². The molecule has 0 fully saturated rings. The number of carbonyl (C=O) groups excluding carboxylic acids is 3. The molecule has 43 heavy (non-hydrogen) atoms. The Morgan fingerprint density at radius 3 is 1.81 bits per heavy atom. The minimum atomic E-state index is -0.191. The van der Waals surface area contributed by atoms with E-state index >= 15 is 0 Å². The predicted molar refractivity (Wildman–Crippen MR) is 184 cm³/mol. The molecule has 0 N–H and O–H groups in total. The molecule has 0 radical (unpaired) electrons. The molecule has 0 aromatic heterocycles. The Balaban J connectivity index is 4.46. The summed E-state index contributed by atoms with van der Waals surface area (Å²) in [5.41, 5.74) is 0. The number of rotatable bonds is 30. The smallest absolute Gasteiger partial charge is 0.307 e. The Hall–Kier alpha value is -1.50. The van der Waals surface area contributed by atoms with Gasteiger partial charge >= 0.3 is 11.9 Å². The Morgan fingerprint density at radius 2 is 1.21 bits per heavy atom. The molecule has 0 unspecified atom stereocenters. The minimum absolute atomic E-state index is 0.00837. The molecule has 0 aliphatic rings. The standard InChI is InChI=1S/C36H67NO5S/c1-5-9-12-15-16-19-25-32-41-34(38)28-23-20-24-30-37(36(40)43-8-4)31-29-35(39)42-33(26-21-17-13-10-6-2)27-22-18-14-11-7-3/h19,25,33H,5-18,20-24,26-32H2,1-4H3/b25-19-. The van der Waals surface area contributed by atoms with Crippen molar-refractivity contribution in [3.05, 3.63) is 12.2 Å². The summed E-state index contributed by atoms with van der Waals surface area (Å²) in [6, 6.07) is 0. The highest BCUT2D eigenvalue weighted by Gasteiger charge is 2.18. The van der Waals surface area contributed by atoms with Gasteiger partial charge in [-0.15, -0.1) is 0 Å². The number of thioether (sulfide) groups is 1. The van der Waals surface area contributed by atoms with E-state index in [1.165, 1.54) is 88.8 Å². The predicted octanol–water partition coefficient (Wildman–Crippen LogP) is 10.8. The molecule has 0 bridgehead atoms. The van der Waals surface area contributed by atoms with Crippen LogP contribution in [0.3, 0.4) is 0 Å². The van der Waals surface area contributed by atoms with Crippen LogP contribution in [0.5, 0.6) is 0 Å². The van der Waals surface area contributed by atoms with E-state index in [0.29, 0.717) is 31.9 Å². The quantitative estimate of drug-likeness (QED) is 0.0449. The first-order valence-electron chi connectivity index (χ1n) is 17.9. The summed E-state index contributed by atoms with van der Waals surface area (Å²) in [6.07, 6.45) is 27.0. The Morgan fingerprint density at radius 1 is 0.628 bits per heavy atom. The van der Waals surface area contributed by atoms with Gasteiger partial charge in [0, 0.05) is 19.5 Å². The lowest BCUT2D eigenvalue weighted by atomic mass is 10.0. The SMILES string of the molecule is CCCCCC/C=C\COC(=O)CCCCCN(CCC(=O)OC(CCCCCCC)CCCCCCC)C(=O)SCC. The van der Waals surface area contributed by atoms with Gasteiger partial charge in [0.2, 0.25) is 0 Å². The van der Waals surface area contributed by atoms with E-state index in [-0.39, 0.29) is 29.7 Å². The number of ether oxygens (including phenoxy) is 2. The molecular weight excluding hydrogens is 558 g/mol. The molecule has 0 saturated heterocycles. The van der Waals surface area contributed by atoms with Crippen molar-refractivity contribution in [2.45, 2.75) is 175 Å². The lowest BCUT2D eigenvalue weighted by Crippen LogP contribution is -2.32. The maximum absolute atomic E-state index is 12.8. The summed E-state index contributed by atoms with van der Waals surface area (Å²) >= 11 is 1.28. The van der Waals surface area contributed by atoms with Gasteiger partial charge < -0.3 is 14.4 Å². The van der Waals surface area contributed by atoms with E-state index in [2.05, 4.69) is 26.8 Å². The summed E-state index contributed by atoms with van der Waals surface area (Å²) < 4.78 is 11.3. The lowest BCUT2D eigenvalue weighted by molar-refractivity contribution is -0.150. The Bertz CT molecular complexity index is 685. The van der Waals surface area contributed by atoms with Gasteiger partial charge in [0.1, 0.15) is 12.7 Å². The van der Waals surface area contributed by atoms with E-state index in [1.807, 2.05) is 13.0 Å². The first-order valence-corrected chi connectivity index (χ1v) is 18.9. The van der Waals surface area contributed by atoms with E-state index in [9.17, 15) is 14.4 Å². The van der Waals surface area contributed by atoms with E-state index in [0.717, 1.165) is 51.4 Å². The topological polar surface area (TPSA) is 72.9 Å². The van der Waals surface area contributed by atoms with Crippen molar-refractivity contribution in [2.75, 3.05) is 25.4 Å². The van der Waals surface area contributed by atoms with Gasteiger partial charge in [-0.2, -0.15) is 0 Å². The number of nitrogens with zero attached hydrogens (tertiary/aromatic N) is 1. The molecule has 0 aliphatic heterocycles. The van der Waals surface area contributed by atoms with Crippen LogP contribution in [0.25, 0.3) is 0 Å². The second-order valence-corrected chi connectivity index (χ2v) is 13.0. The zero-order valence-corrected chi connectivity index (χ0v) is 29.3. The van der Waals surface area contributed by atoms with Crippen molar-refractivity contribution >= 4 is 28.9 Å². The van der Waals surface area contributed by atoms with Gasteiger partial charge in [-0.3, -0.25) is 14.4 Å². The van der Waals surface area contributed by atoms with Crippen LogP contribution in [-0.4, -0.2) is 53.6 Å². The van der Waals surface area contributed by atoms with Crippen LogP contribution in [0.2, 0.25) is 0 Å². The van der Waals surface area contributed by atoms with Crippen LogP contribution in [0.4, 0.5) is 4.79 Å². The highest BCUT2D eigenvalue weighted by atomic mass is 32.2. The van der Waals surface area contributed by atoms with Crippen molar-refractivity contribution in [1.29, 1.82) is 0 Å². The molecule has 6 nitrogen and oxygen atoms in total. The van der Waals surface area contributed by atoms with Gasteiger partial charge in [0.05, 0.1) is 6.42 Å². The summed E-state index contributed by atoms with van der Waals surface area (Å²) in [4.78, 5) is 39.3. The average molecular weight is 626 g/mol. The fourth-order valence-corrected chi connectivity index (χ4v) is 5.64. The number of unbranched alkanes of at least 4 members (excludes halogenated alkanes) is 14. The number of hydrogen-bond donors (Lipinski definition) is 0. The van der Waals surface area contributed by atoms with E-state index < -0.39 is 0 Å². The zero-order chi connectivity index (χ0) is 31.8. The summed E-state index contributed by atoms with van der Waals surface area (Å²) in [5, 5.41) is 0.0135. The van der Waals surface area contributed by atoms with Crippen molar-refractivity contribution in [2.24, 2.45) is 0 Å². The van der Waals surface area contributed by atoms with Crippen LogP contribution < -0.4 is 0 Å². The molecule has 0 aromatic rings.